The van der Waals surface area contributed by atoms with Gasteiger partial charge in [-0.1, -0.05) is 18.2 Å². The topological polar surface area (TPSA) is 51.0 Å². The maximum atomic E-state index is 5.62. The summed E-state index contributed by atoms with van der Waals surface area (Å²) in [5.41, 5.74) is 2.31. The van der Waals surface area contributed by atoms with Crippen LogP contribution in [0.4, 0.5) is 0 Å². The Bertz CT molecular complexity index is 634. The third kappa shape index (κ3) is 3.31. The molecule has 2 heterocycles. The van der Waals surface area contributed by atoms with Crippen LogP contribution in [0.2, 0.25) is 0 Å². The van der Waals surface area contributed by atoms with Gasteiger partial charge in [-0.2, -0.15) is 11.3 Å². The molecule has 3 aromatic rings. The van der Waals surface area contributed by atoms with Crippen molar-refractivity contribution < 1.29 is 4.42 Å². The van der Waals surface area contributed by atoms with Crippen molar-refractivity contribution in [2.45, 2.75) is 13.0 Å². The summed E-state index contributed by atoms with van der Waals surface area (Å²) in [6.07, 6.45) is 1.02. The zero-order chi connectivity index (χ0) is 13.6. The van der Waals surface area contributed by atoms with E-state index in [1.165, 1.54) is 5.56 Å². The molecular formula is C15H15N3OS. The first kappa shape index (κ1) is 13.0. The fraction of sp³-hybridized carbons (Fsp3) is 0.200. The van der Waals surface area contributed by atoms with E-state index in [2.05, 4.69) is 32.3 Å². The Labute approximate surface area is 121 Å². The summed E-state index contributed by atoms with van der Waals surface area (Å²) in [6, 6.07) is 11.9. The first-order chi connectivity index (χ1) is 9.92. The first-order valence-electron chi connectivity index (χ1n) is 6.51. The highest BCUT2D eigenvalue weighted by atomic mass is 32.1. The highest BCUT2D eigenvalue weighted by molar-refractivity contribution is 7.07. The van der Waals surface area contributed by atoms with Crippen LogP contribution in [0.3, 0.4) is 0 Å². The SMILES string of the molecule is c1ccc(-c2nnc(CNCCc3ccsc3)o2)cc1. The number of thiophene rings is 1. The number of rotatable bonds is 6. The van der Waals surface area contributed by atoms with Crippen LogP contribution >= 0.6 is 11.3 Å². The zero-order valence-corrected chi connectivity index (χ0v) is 11.8. The van der Waals surface area contributed by atoms with Gasteiger partial charge in [0.05, 0.1) is 6.54 Å². The normalized spacial score (nSPS) is 10.8. The van der Waals surface area contributed by atoms with Crippen molar-refractivity contribution >= 4 is 11.3 Å². The molecule has 1 aromatic carbocycles. The third-order valence-electron chi connectivity index (χ3n) is 2.93. The summed E-state index contributed by atoms with van der Waals surface area (Å²) < 4.78 is 5.62. The van der Waals surface area contributed by atoms with Gasteiger partial charge in [0, 0.05) is 5.56 Å². The monoisotopic (exact) mass is 285 g/mol. The molecule has 0 aliphatic carbocycles. The minimum atomic E-state index is 0.570. The minimum absolute atomic E-state index is 0.570. The Kier molecular flexibility index (Phi) is 4.20. The van der Waals surface area contributed by atoms with Crippen molar-refractivity contribution in [2.75, 3.05) is 6.54 Å². The maximum absolute atomic E-state index is 5.62. The average molecular weight is 285 g/mol. The quantitative estimate of drug-likeness (QED) is 0.707. The molecule has 0 radical (unpaired) electrons. The van der Waals surface area contributed by atoms with Gasteiger partial charge in [-0.15, -0.1) is 10.2 Å². The van der Waals surface area contributed by atoms with Gasteiger partial charge in [0.25, 0.3) is 0 Å². The summed E-state index contributed by atoms with van der Waals surface area (Å²) in [5, 5.41) is 15.7. The third-order valence-corrected chi connectivity index (χ3v) is 3.67. The Hall–Kier alpha value is -1.98. The van der Waals surface area contributed by atoms with Crippen molar-refractivity contribution in [1.29, 1.82) is 0 Å². The van der Waals surface area contributed by atoms with Crippen LogP contribution in [0, 0.1) is 0 Å². The average Bonchev–Trinajstić information content (AvgIpc) is 3.16. The number of nitrogens with one attached hydrogen (secondary N) is 1. The lowest BCUT2D eigenvalue weighted by Crippen LogP contribution is -2.16. The molecule has 4 nitrogen and oxygen atoms in total. The minimum Gasteiger partial charge on any atom is -0.419 e. The van der Waals surface area contributed by atoms with Gasteiger partial charge in [0.2, 0.25) is 11.8 Å². The number of nitrogens with zero attached hydrogens (tertiary/aromatic N) is 2. The fourth-order valence-electron chi connectivity index (χ4n) is 1.89. The molecule has 5 heteroatoms. The Morgan fingerprint density at radius 1 is 1.10 bits per heavy atom. The molecule has 0 amide bonds. The van der Waals surface area contributed by atoms with E-state index in [9.17, 15) is 0 Å². The number of benzene rings is 1. The van der Waals surface area contributed by atoms with Crippen molar-refractivity contribution in [2.24, 2.45) is 0 Å². The van der Waals surface area contributed by atoms with Crippen LogP contribution in [0.15, 0.2) is 51.6 Å². The van der Waals surface area contributed by atoms with E-state index in [-0.39, 0.29) is 0 Å². The highest BCUT2D eigenvalue weighted by Gasteiger charge is 2.07. The molecule has 0 bridgehead atoms. The van der Waals surface area contributed by atoms with Crippen LogP contribution in [-0.4, -0.2) is 16.7 Å². The molecule has 3 rings (SSSR count). The second-order valence-corrected chi connectivity index (χ2v) is 5.21. The predicted molar refractivity (Wildman–Crippen MR) is 79.5 cm³/mol. The van der Waals surface area contributed by atoms with E-state index in [0.29, 0.717) is 18.3 Å². The van der Waals surface area contributed by atoms with Gasteiger partial charge in [-0.25, -0.2) is 0 Å². The molecule has 0 unspecified atom stereocenters. The second kappa shape index (κ2) is 6.45. The highest BCUT2D eigenvalue weighted by Crippen LogP contribution is 2.16. The maximum Gasteiger partial charge on any atom is 0.247 e. The molecule has 1 N–H and O–H groups in total. The van der Waals surface area contributed by atoms with E-state index in [1.54, 1.807) is 11.3 Å². The van der Waals surface area contributed by atoms with Gasteiger partial charge in [0.1, 0.15) is 0 Å². The lowest BCUT2D eigenvalue weighted by Gasteiger charge is -1.99. The van der Waals surface area contributed by atoms with Gasteiger partial charge in [-0.3, -0.25) is 0 Å². The van der Waals surface area contributed by atoms with Gasteiger partial charge in [0.15, 0.2) is 0 Å². The molecule has 0 atom stereocenters. The lowest BCUT2D eigenvalue weighted by atomic mass is 10.2. The summed E-state index contributed by atoms with van der Waals surface area (Å²) in [6.45, 7) is 1.50. The van der Waals surface area contributed by atoms with Crippen LogP contribution in [-0.2, 0) is 13.0 Å². The number of hydrogen-bond acceptors (Lipinski definition) is 5. The van der Waals surface area contributed by atoms with Crippen molar-refractivity contribution in [3.63, 3.8) is 0 Å². The van der Waals surface area contributed by atoms with Crippen LogP contribution in [0.1, 0.15) is 11.5 Å². The Balaban J connectivity index is 1.50. The van der Waals surface area contributed by atoms with Gasteiger partial charge >= 0.3 is 0 Å². The van der Waals surface area contributed by atoms with Crippen LogP contribution in [0.25, 0.3) is 11.5 Å². The molecule has 20 heavy (non-hydrogen) atoms. The molecular weight excluding hydrogens is 270 g/mol. The molecule has 2 aromatic heterocycles. The van der Waals surface area contributed by atoms with Gasteiger partial charge in [-0.05, 0) is 47.5 Å². The van der Waals surface area contributed by atoms with Crippen LogP contribution in [0.5, 0.6) is 0 Å². The van der Waals surface area contributed by atoms with Crippen LogP contribution < -0.4 is 5.32 Å². The summed E-state index contributed by atoms with van der Waals surface area (Å²) in [4.78, 5) is 0. The molecule has 0 spiro atoms. The fourth-order valence-corrected chi connectivity index (χ4v) is 2.59. The standard InChI is InChI=1S/C15H15N3OS/c1-2-4-13(5-3-1)15-18-17-14(19-15)10-16-8-6-12-7-9-20-11-12/h1-5,7,9,11,16H,6,8,10H2. The molecule has 0 aliphatic heterocycles. The molecule has 0 aliphatic rings. The molecule has 102 valence electrons. The number of aromatic nitrogens is 2. The Morgan fingerprint density at radius 2 is 2.00 bits per heavy atom. The smallest absolute Gasteiger partial charge is 0.247 e. The van der Waals surface area contributed by atoms with E-state index >= 15 is 0 Å². The van der Waals surface area contributed by atoms with Crippen molar-refractivity contribution in [3.8, 4) is 11.5 Å². The summed E-state index contributed by atoms with van der Waals surface area (Å²) in [7, 11) is 0. The lowest BCUT2D eigenvalue weighted by molar-refractivity contribution is 0.478. The van der Waals surface area contributed by atoms with E-state index in [4.69, 9.17) is 4.42 Å². The van der Waals surface area contributed by atoms with E-state index in [1.807, 2.05) is 30.3 Å². The largest absolute Gasteiger partial charge is 0.419 e. The van der Waals surface area contributed by atoms with Crippen molar-refractivity contribution in [1.82, 2.24) is 15.5 Å². The molecule has 0 saturated heterocycles. The van der Waals surface area contributed by atoms with Gasteiger partial charge < -0.3 is 9.73 Å². The summed E-state index contributed by atoms with van der Waals surface area (Å²) >= 11 is 1.73. The second-order valence-electron chi connectivity index (χ2n) is 4.43. The van der Waals surface area contributed by atoms with E-state index in [0.717, 1.165) is 18.5 Å². The predicted octanol–water partition coefficient (Wildman–Crippen LogP) is 3.13. The van der Waals surface area contributed by atoms with Crippen molar-refractivity contribution in [3.05, 3.63) is 58.6 Å². The first-order valence-corrected chi connectivity index (χ1v) is 7.46. The summed E-state index contributed by atoms with van der Waals surface area (Å²) in [5.74, 6) is 1.19. The molecule has 0 saturated carbocycles. The Morgan fingerprint density at radius 3 is 2.80 bits per heavy atom. The van der Waals surface area contributed by atoms with E-state index < -0.39 is 0 Å². The molecule has 0 fully saturated rings. The number of hydrogen-bond donors (Lipinski definition) is 1. The zero-order valence-electron chi connectivity index (χ0n) is 11.0.